The molecule has 108 valence electrons. The number of oxazole rings is 1. The van der Waals surface area contributed by atoms with Gasteiger partial charge in [-0.15, -0.1) is 0 Å². The normalized spacial score (nSPS) is 11.2. The summed E-state index contributed by atoms with van der Waals surface area (Å²) in [5.74, 6) is 1.95. The first-order chi connectivity index (χ1) is 10.0. The summed E-state index contributed by atoms with van der Waals surface area (Å²) < 4.78 is 5.51. The largest absolute Gasteiger partial charge is 0.437 e. The monoisotopic (exact) mass is 301 g/mol. The number of nitrogens with one attached hydrogen (secondary N) is 1. The molecule has 2 heterocycles. The molecule has 1 N–H and O–H groups in total. The van der Waals surface area contributed by atoms with Crippen LogP contribution in [0.1, 0.15) is 22.8 Å². The number of H-pyrrole nitrogens is 1. The molecule has 0 saturated heterocycles. The third-order valence-electron chi connectivity index (χ3n) is 3.33. The third kappa shape index (κ3) is 2.71. The van der Waals surface area contributed by atoms with Crippen molar-refractivity contribution in [1.82, 2.24) is 15.0 Å². The average molecular weight is 301 g/mol. The SMILES string of the molecule is Cc1nc(SCc2nc3c(C)cccc3c(=O)[nH]2)oc1C. The summed E-state index contributed by atoms with van der Waals surface area (Å²) in [4.78, 5) is 23.7. The maximum Gasteiger partial charge on any atom is 0.258 e. The summed E-state index contributed by atoms with van der Waals surface area (Å²) >= 11 is 1.42. The maximum absolute atomic E-state index is 12.1. The van der Waals surface area contributed by atoms with Gasteiger partial charge < -0.3 is 9.40 Å². The van der Waals surface area contributed by atoms with Crippen LogP contribution < -0.4 is 5.56 Å². The van der Waals surface area contributed by atoms with Crippen molar-refractivity contribution < 1.29 is 4.42 Å². The number of fused-ring (bicyclic) bond motifs is 1. The number of nitrogens with zero attached hydrogens (tertiary/aromatic N) is 2. The van der Waals surface area contributed by atoms with Gasteiger partial charge in [0.2, 0.25) is 0 Å². The highest BCUT2D eigenvalue weighted by molar-refractivity contribution is 7.98. The Morgan fingerprint density at radius 3 is 2.76 bits per heavy atom. The van der Waals surface area contributed by atoms with Gasteiger partial charge in [-0.1, -0.05) is 23.9 Å². The lowest BCUT2D eigenvalue weighted by Gasteiger charge is -2.03. The van der Waals surface area contributed by atoms with Crippen molar-refractivity contribution >= 4 is 22.7 Å². The second-order valence-corrected chi connectivity index (χ2v) is 5.82. The Bertz CT molecular complexity index is 847. The summed E-state index contributed by atoms with van der Waals surface area (Å²) in [6.45, 7) is 5.74. The Kier molecular flexibility index (Phi) is 3.55. The molecule has 0 atom stereocenters. The fourth-order valence-corrected chi connectivity index (χ4v) is 2.84. The predicted molar refractivity (Wildman–Crippen MR) is 82.6 cm³/mol. The zero-order valence-corrected chi connectivity index (χ0v) is 12.9. The molecule has 0 radical (unpaired) electrons. The number of hydrogen-bond donors (Lipinski definition) is 1. The van der Waals surface area contributed by atoms with E-state index in [1.165, 1.54) is 11.8 Å². The van der Waals surface area contributed by atoms with Crippen molar-refractivity contribution in [1.29, 1.82) is 0 Å². The minimum Gasteiger partial charge on any atom is -0.437 e. The van der Waals surface area contributed by atoms with Crippen molar-refractivity contribution in [3.05, 3.63) is 51.4 Å². The highest BCUT2D eigenvalue weighted by atomic mass is 32.2. The molecule has 6 heteroatoms. The van der Waals surface area contributed by atoms with Crippen LogP contribution in [-0.4, -0.2) is 15.0 Å². The number of aryl methyl sites for hydroxylation is 3. The van der Waals surface area contributed by atoms with Crippen LogP contribution >= 0.6 is 11.8 Å². The second-order valence-electron chi connectivity index (χ2n) is 4.89. The molecular weight excluding hydrogens is 286 g/mol. The Morgan fingerprint density at radius 1 is 1.24 bits per heavy atom. The first-order valence-corrected chi connectivity index (χ1v) is 7.58. The van der Waals surface area contributed by atoms with Crippen LogP contribution in [0.25, 0.3) is 10.9 Å². The first kappa shape index (κ1) is 13.9. The average Bonchev–Trinajstić information content (AvgIpc) is 2.77. The second kappa shape index (κ2) is 5.37. The fraction of sp³-hybridized carbons (Fsp3) is 0.267. The fourth-order valence-electron chi connectivity index (χ4n) is 2.06. The van der Waals surface area contributed by atoms with Gasteiger partial charge in [0.1, 0.15) is 11.6 Å². The molecule has 0 bridgehead atoms. The van der Waals surface area contributed by atoms with Crippen molar-refractivity contribution in [3.8, 4) is 0 Å². The van der Waals surface area contributed by atoms with E-state index in [0.717, 1.165) is 22.5 Å². The Balaban J connectivity index is 1.91. The van der Waals surface area contributed by atoms with Crippen LogP contribution in [0.2, 0.25) is 0 Å². The van der Waals surface area contributed by atoms with Crippen LogP contribution in [0.5, 0.6) is 0 Å². The predicted octanol–water partition coefficient (Wildman–Crippen LogP) is 3.13. The van der Waals surface area contributed by atoms with E-state index < -0.39 is 0 Å². The van der Waals surface area contributed by atoms with E-state index in [9.17, 15) is 4.79 Å². The molecule has 1 aromatic carbocycles. The highest BCUT2D eigenvalue weighted by Crippen LogP contribution is 2.23. The molecule has 21 heavy (non-hydrogen) atoms. The summed E-state index contributed by atoms with van der Waals surface area (Å²) in [5.41, 5.74) is 2.51. The number of thioether (sulfide) groups is 1. The quantitative estimate of drug-likeness (QED) is 0.752. The molecular formula is C15H15N3O2S. The molecule has 0 aliphatic carbocycles. The van der Waals surface area contributed by atoms with Gasteiger partial charge in [0.05, 0.1) is 22.3 Å². The first-order valence-electron chi connectivity index (χ1n) is 6.60. The number of aromatic nitrogens is 3. The van der Waals surface area contributed by atoms with Gasteiger partial charge in [-0.05, 0) is 32.4 Å². The van der Waals surface area contributed by atoms with Crippen LogP contribution in [0, 0.1) is 20.8 Å². The van der Waals surface area contributed by atoms with Crippen molar-refractivity contribution in [2.24, 2.45) is 0 Å². The Morgan fingerprint density at radius 2 is 2.05 bits per heavy atom. The summed E-state index contributed by atoms with van der Waals surface area (Å²) in [6.07, 6.45) is 0. The molecule has 3 aromatic rings. The topological polar surface area (TPSA) is 71.8 Å². The van der Waals surface area contributed by atoms with Gasteiger partial charge in [-0.3, -0.25) is 4.79 Å². The lowest BCUT2D eigenvalue weighted by Crippen LogP contribution is -2.11. The molecule has 0 amide bonds. The van der Waals surface area contributed by atoms with Crippen molar-refractivity contribution in [2.45, 2.75) is 31.7 Å². The smallest absolute Gasteiger partial charge is 0.258 e. The molecule has 3 rings (SSSR count). The summed E-state index contributed by atoms with van der Waals surface area (Å²) in [5, 5.41) is 1.21. The van der Waals surface area contributed by atoms with Gasteiger partial charge in [0, 0.05) is 0 Å². The number of hydrogen-bond acceptors (Lipinski definition) is 5. The number of rotatable bonds is 3. The molecule has 0 aliphatic rings. The van der Waals surface area contributed by atoms with E-state index in [2.05, 4.69) is 15.0 Å². The lowest BCUT2D eigenvalue weighted by molar-refractivity contribution is 0.431. The van der Waals surface area contributed by atoms with E-state index in [1.54, 1.807) is 6.07 Å². The number of aromatic amines is 1. The molecule has 0 saturated carbocycles. The summed E-state index contributed by atoms with van der Waals surface area (Å²) in [6, 6.07) is 5.60. The molecule has 0 unspecified atom stereocenters. The summed E-state index contributed by atoms with van der Waals surface area (Å²) in [7, 11) is 0. The zero-order valence-electron chi connectivity index (χ0n) is 12.1. The van der Waals surface area contributed by atoms with Crippen LogP contribution in [-0.2, 0) is 5.75 Å². The standard InChI is InChI=1S/C15H15N3O2S/c1-8-5-4-6-11-13(8)17-12(18-14(11)19)7-21-15-16-9(2)10(3)20-15/h4-6H,7H2,1-3H3,(H,17,18,19). The Hall–Kier alpha value is -2.08. The van der Waals surface area contributed by atoms with Crippen LogP contribution in [0.4, 0.5) is 0 Å². The zero-order chi connectivity index (χ0) is 15.0. The highest BCUT2D eigenvalue weighted by Gasteiger charge is 2.09. The third-order valence-corrected chi connectivity index (χ3v) is 4.17. The molecule has 0 fully saturated rings. The molecule has 2 aromatic heterocycles. The van der Waals surface area contributed by atoms with E-state index in [4.69, 9.17) is 4.42 Å². The number of benzene rings is 1. The van der Waals surface area contributed by atoms with E-state index in [1.807, 2.05) is 32.9 Å². The van der Waals surface area contributed by atoms with Gasteiger partial charge in [0.15, 0.2) is 0 Å². The van der Waals surface area contributed by atoms with Gasteiger partial charge in [-0.2, -0.15) is 0 Å². The molecule has 0 spiro atoms. The van der Waals surface area contributed by atoms with E-state index in [-0.39, 0.29) is 5.56 Å². The lowest BCUT2D eigenvalue weighted by atomic mass is 10.1. The van der Waals surface area contributed by atoms with Crippen molar-refractivity contribution in [2.75, 3.05) is 0 Å². The van der Waals surface area contributed by atoms with Crippen molar-refractivity contribution in [3.63, 3.8) is 0 Å². The van der Waals surface area contributed by atoms with Crippen LogP contribution in [0.15, 0.2) is 32.6 Å². The minimum atomic E-state index is -0.112. The van der Waals surface area contributed by atoms with Crippen LogP contribution in [0.3, 0.4) is 0 Å². The maximum atomic E-state index is 12.1. The van der Waals surface area contributed by atoms with Gasteiger partial charge in [0.25, 0.3) is 10.8 Å². The van der Waals surface area contributed by atoms with E-state index in [0.29, 0.717) is 22.2 Å². The van der Waals surface area contributed by atoms with Gasteiger partial charge in [-0.25, -0.2) is 9.97 Å². The molecule has 5 nitrogen and oxygen atoms in total. The Labute approximate surface area is 125 Å². The van der Waals surface area contributed by atoms with E-state index >= 15 is 0 Å². The minimum absolute atomic E-state index is 0.112. The molecule has 0 aliphatic heterocycles. The number of para-hydroxylation sites is 1. The van der Waals surface area contributed by atoms with Gasteiger partial charge >= 0.3 is 0 Å².